The third kappa shape index (κ3) is 3.32. The summed E-state index contributed by atoms with van der Waals surface area (Å²) in [6, 6.07) is 1.41. The van der Waals surface area contributed by atoms with Crippen molar-refractivity contribution in [1.82, 2.24) is 5.32 Å². The summed E-state index contributed by atoms with van der Waals surface area (Å²) in [5, 5.41) is 3.91. The van der Waals surface area contributed by atoms with Crippen LogP contribution in [0.1, 0.15) is 65.2 Å². The van der Waals surface area contributed by atoms with Gasteiger partial charge in [-0.05, 0) is 37.5 Å². The molecule has 3 fully saturated rings. The highest BCUT2D eigenvalue weighted by Gasteiger charge is 2.41. The van der Waals surface area contributed by atoms with E-state index < -0.39 is 0 Å². The number of hydrogen-bond donors (Lipinski definition) is 1. The lowest BCUT2D eigenvalue weighted by Gasteiger charge is -2.40. The Kier molecular flexibility index (Phi) is 3.89. The van der Waals surface area contributed by atoms with Gasteiger partial charge in [0, 0.05) is 24.9 Å². The van der Waals surface area contributed by atoms with Crippen molar-refractivity contribution in [3.05, 3.63) is 0 Å². The van der Waals surface area contributed by atoms with E-state index >= 15 is 0 Å². The van der Waals surface area contributed by atoms with E-state index in [0.29, 0.717) is 11.5 Å². The van der Waals surface area contributed by atoms with Gasteiger partial charge in [-0.2, -0.15) is 0 Å². The van der Waals surface area contributed by atoms with Crippen LogP contribution in [0.5, 0.6) is 0 Å². The number of rotatable bonds is 2. The molecule has 3 aliphatic rings. The molecular weight excluding hydrogens is 238 g/mol. The van der Waals surface area contributed by atoms with E-state index in [1.807, 2.05) is 0 Å². The fraction of sp³-hybridized carbons (Fsp3) is 1.00. The second-order valence-electron chi connectivity index (χ2n) is 7.51. The minimum absolute atomic E-state index is 0.204. The van der Waals surface area contributed by atoms with E-state index in [1.165, 1.54) is 38.5 Å². The summed E-state index contributed by atoms with van der Waals surface area (Å²) in [5.41, 5.74) is 0.531. The zero-order valence-electron chi connectivity index (χ0n) is 12.5. The smallest absolute Gasteiger partial charge is 0.168 e. The van der Waals surface area contributed by atoms with Crippen LogP contribution in [0.15, 0.2) is 0 Å². The lowest BCUT2D eigenvalue weighted by Crippen LogP contribution is -2.47. The highest BCUT2D eigenvalue weighted by molar-refractivity contribution is 4.90. The van der Waals surface area contributed by atoms with Gasteiger partial charge in [0.05, 0.1) is 13.2 Å². The molecule has 3 heteroatoms. The lowest BCUT2D eigenvalue weighted by atomic mass is 9.74. The predicted molar refractivity (Wildman–Crippen MR) is 76.1 cm³/mol. The molecular formula is C16H29NO2. The van der Waals surface area contributed by atoms with E-state index in [2.05, 4.69) is 19.2 Å². The van der Waals surface area contributed by atoms with Crippen LogP contribution < -0.4 is 5.32 Å². The first-order valence-electron chi connectivity index (χ1n) is 8.11. The first-order chi connectivity index (χ1) is 9.07. The summed E-state index contributed by atoms with van der Waals surface area (Å²) in [5.74, 6) is -0.204. The highest BCUT2D eigenvalue weighted by atomic mass is 16.7. The van der Waals surface area contributed by atoms with Crippen molar-refractivity contribution in [3.63, 3.8) is 0 Å². The molecule has 19 heavy (non-hydrogen) atoms. The van der Waals surface area contributed by atoms with Crippen LogP contribution in [0, 0.1) is 5.41 Å². The van der Waals surface area contributed by atoms with Gasteiger partial charge >= 0.3 is 0 Å². The van der Waals surface area contributed by atoms with Crippen molar-refractivity contribution in [1.29, 1.82) is 0 Å². The van der Waals surface area contributed by atoms with Crippen LogP contribution in [0.4, 0.5) is 0 Å². The monoisotopic (exact) mass is 267 g/mol. The quantitative estimate of drug-likeness (QED) is 0.833. The average molecular weight is 267 g/mol. The molecule has 0 aromatic heterocycles. The molecule has 0 amide bonds. The Bertz CT molecular complexity index is 300. The summed E-state index contributed by atoms with van der Waals surface area (Å²) < 4.78 is 11.6. The van der Waals surface area contributed by atoms with Crippen LogP contribution in [0.3, 0.4) is 0 Å². The maximum absolute atomic E-state index is 5.80. The zero-order valence-corrected chi connectivity index (χ0v) is 12.5. The Balaban J connectivity index is 1.47. The van der Waals surface area contributed by atoms with Crippen molar-refractivity contribution in [3.8, 4) is 0 Å². The summed E-state index contributed by atoms with van der Waals surface area (Å²) in [6.45, 7) is 6.40. The molecule has 3 nitrogen and oxygen atoms in total. The van der Waals surface area contributed by atoms with Crippen LogP contribution in [-0.2, 0) is 9.47 Å². The first-order valence-corrected chi connectivity index (χ1v) is 8.11. The number of nitrogens with one attached hydrogen (secondary N) is 1. The Morgan fingerprint density at radius 2 is 1.58 bits per heavy atom. The molecule has 3 rings (SSSR count). The summed E-state index contributed by atoms with van der Waals surface area (Å²) in [7, 11) is 0. The van der Waals surface area contributed by atoms with Crippen molar-refractivity contribution in [2.45, 2.75) is 83.1 Å². The normalized spacial score (nSPS) is 34.7. The molecule has 0 aromatic rings. The topological polar surface area (TPSA) is 30.5 Å². The van der Waals surface area contributed by atoms with E-state index in [4.69, 9.17) is 9.47 Å². The van der Waals surface area contributed by atoms with E-state index in [-0.39, 0.29) is 5.79 Å². The third-order valence-corrected chi connectivity index (χ3v) is 5.24. The van der Waals surface area contributed by atoms with Crippen molar-refractivity contribution in [2.75, 3.05) is 13.2 Å². The van der Waals surface area contributed by atoms with Gasteiger partial charge in [0.2, 0.25) is 0 Å². The van der Waals surface area contributed by atoms with E-state index in [9.17, 15) is 0 Å². The summed E-state index contributed by atoms with van der Waals surface area (Å²) in [4.78, 5) is 0. The largest absolute Gasteiger partial charge is 0.348 e. The Morgan fingerprint density at radius 1 is 0.895 bits per heavy atom. The van der Waals surface area contributed by atoms with Gasteiger partial charge in [-0.1, -0.05) is 20.3 Å². The molecule has 2 aliphatic carbocycles. The van der Waals surface area contributed by atoms with Gasteiger partial charge < -0.3 is 14.8 Å². The zero-order chi connectivity index (χ0) is 13.3. The number of ether oxygens (including phenoxy) is 2. The minimum atomic E-state index is -0.204. The summed E-state index contributed by atoms with van der Waals surface area (Å²) >= 11 is 0. The van der Waals surface area contributed by atoms with E-state index in [0.717, 1.165) is 32.1 Å². The van der Waals surface area contributed by atoms with Gasteiger partial charge in [0.25, 0.3) is 0 Å². The van der Waals surface area contributed by atoms with Crippen LogP contribution >= 0.6 is 0 Å². The van der Waals surface area contributed by atoms with Crippen LogP contribution in [0.2, 0.25) is 0 Å². The van der Waals surface area contributed by atoms with Gasteiger partial charge in [0.1, 0.15) is 0 Å². The highest BCUT2D eigenvalue weighted by Crippen LogP contribution is 2.38. The van der Waals surface area contributed by atoms with Crippen LogP contribution in [-0.4, -0.2) is 31.1 Å². The molecule has 1 aliphatic heterocycles. The third-order valence-electron chi connectivity index (χ3n) is 5.24. The molecule has 1 unspecified atom stereocenters. The van der Waals surface area contributed by atoms with Crippen molar-refractivity contribution in [2.24, 2.45) is 5.41 Å². The number of hydrogen-bond acceptors (Lipinski definition) is 3. The second kappa shape index (κ2) is 5.34. The molecule has 1 saturated heterocycles. The maximum atomic E-state index is 5.80. The molecule has 2 saturated carbocycles. The SMILES string of the molecule is CC1(C)CCCC(NC2CCC3(CC2)OCCO3)C1. The molecule has 1 spiro atoms. The first kappa shape index (κ1) is 13.8. The average Bonchev–Trinajstić information content (AvgIpc) is 2.80. The van der Waals surface area contributed by atoms with Gasteiger partial charge in [0.15, 0.2) is 5.79 Å². The van der Waals surface area contributed by atoms with E-state index in [1.54, 1.807) is 0 Å². The predicted octanol–water partition coefficient (Wildman–Crippen LogP) is 3.23. The Hall–Kier alpha value is -0.120. The van der Waals surface area contributed by atoms with Crippen LogP contribution in [0.25, 0.3) is 0 Å². The Labute approximate surface area is 117 Å². The molecule has 110 valence electrons. The molecule has 1 atom stereocenters. The Morgan fingerprint density at radius 3 is 2.21 bits per heavy atom. The fourth-order valence-electron chi connectivity index (χ4n) is 4.18. The van der Waals surface area contributed by atoms with Crippen molar-refractivity contribution < 1.29 is 9.47 Å². The molecule has 0 aromatic carbocycles. The maximum Gasteiger partial charge on any atom is 0.168 e. The summed E-state index contributed by atoms with van der Waals surface area (Å²) in [6.07, 6.45) is 10.0. The molecule has 1 heterocycles. The van der Waals surface area contributed by atoms with Crippen molar-refractivity contribution >= 4 is 0 Å². The minimum Gasteiger partial charge on any atom is -0.348 e. The lowest BCUT2D eigenvalue weighted by molar-refractivity contribution is -0.180. The van der Waals surface area contributed by atoms with Gasteiger partial charge in [-0.3, -0.25) is 0 Å². The molecule has 1 N–H and O–H groups in total. The second-order valence-corrected chi connectivity index (χ2v) is 7.51. The van der Waals surface area contributed by atoms with Gasteiger partial charge in [-0.25, -0.2) is 0 Å². The fourth-order valence-corrected chi connectivity index (χ4v) is 4.18. The van der Waals surface area contributed by atoms with Gasteiger partial charge in [-0.15, -0.1) is 0 Å². The molecule has 0 bridgehead atoms. The molecule has 0 radical (unpaired) electrons. The standard InChI is InChI=1S/C16H29NO2/c1-15(2)7-3-4-14(12-15)17-13-5-8-16(9-6-13)18-10-11-19-16/h13-14,17H,3-12H2,1-2H3.